The van der Waals surface area contributed by atoms with Crippen LogP contribution < -0.4 is 0 Å². The summed E-state index contributed by atoms with van der Waals surface area (Å²) in [5.41, 5.74) is 9.83. The minimum Gasteiger partial charge on any atom is -0.481 e. The molecule has 0 saturated heterocycles. The second kappa shape index (κ2) is 17.4. The molecule has 2 aromatic heterocycles. The molecule has 0 amide bonds. The van der Waals surface area contributed by atoms with Crippen LogP contribution in [0, 0.1) is 0 Å². The Kier molecular flexibility index (Phi) is 12.0. The number of nitrogens with zero attached hydrogens (tertiary/aromatic N) is 2. The number of fused-ring (bicyclic) bond motifs is 3. The highest BCUT2D eigenvalue weighted by atomic mass is 79.9. The van der Waals surface area contributed by atoms with Crippen LogP contribution in [0.4, 0.5) is 0 Å². The van der Waals surface area contributed by atoms with Crippen molar-refractivity contribution in [3.8, 4) is 22.3 Å². The van der Waals surface area contributed by atoms with Gasteiger partial charge in [0.2, 0.25) is 0 Å². The van der Waals surface area contributed by atoms with Crippen LogP contribution in [-0.2, 0) is 15.8 Å². The third-order valence-electron chi connectivity index (χ3n) is 9.94. The van der Waals surface area contributed by atoms with Gasteiger partial charge in [-0.2, -0.15) is 0 Å². The average molecular weight is 875 g/mol. The van der Waals surface area contributed by atoms with Crippen molar-refractivity contribution < 1.29 is 15.0 Å². The Bertz CT molecular complexity index is 2570. The van der Waals surface area contributed by atoms with Gasteiger partial charge in [-0.3, -0.25) is 14.8 Å². The molecular weight excluding hydrogens is 836 g/mol. The van der Waals surface area contributed by atoms with Crippen molar-refractivity contribution in [2.75, 3.05) is 0 Å². The van der Waals surface area contributed by atoms with Crippen LogP contribution in [0.15, 0.2) is 209 Å². The highest BCUT2D eigenvalue weighted by Gasteiger charge is 2.47. The van der Waals surface area contributed by atoms with Crippen LogP contribution in [0.3, 0.4) is 0 Å². The summed E-state index contributed by atoms with van der Waals surface area (Å²) in [7, 11) is 0. The van der Waals surface area contributed by atoms with E-state index in [9.17, 15) is 5.11 Å². The number of aliphatic hydroxyl groups is 1. The standard InChI is InChI=1S/C24H18BrNO.C24H16BrN.C2H4O2/c25-20-12-8-11-19(17-20)24(27,23-15-6-7-16-26-23)22-14-5-4-13-21(22)18-9-2-1-3-10-18;25-18-9-7-8-17(16-18)24(23-14-5-6-15-26-23)21-12-3-1-10-19(21)20-11-2-4-13-22(20)24;1-2(3)4/h1-17,27H;1-16H;1H3,(H,3,4). The Labute approximate surface area is 349 Å². The number of hydrogen-bond donors (Lipinski definition) is 2. The fourth-order valence-electron chi connectivity index (χ4n) is 7.68. The van der Waals surface area contributed by atoms with E-state index < -0.39 is 17.0 Å². The van der Waals surface area contributed by atoms with Gasteiger partial charge in [-0.25, -0.2) is 0 Å². The van der Waals surface area contributed by atoms with E-state index in [2.05, 4.69) is 134 Å². The second-order valence-electron chi connectivity index (χ2n) is 13.4. The predicted octanol–water partition coefficient (Wildman–Crippen LogP) is 12.1. The molecule has 9 rings (SSSR count). The first-order valence-electron chi connectivity index (χ1n) is 18.4. The maximum absolute atomic E-state index is 12.1. The Hall–Kier alpha value is -5.99. The van der Waals surface area contributed by atoms with E-state index in [0.29, 0.717) is 5.69 Å². The number of hydrogen-bond acceptors (Lipinski definition) is 4. The maximum atomic E-state index is 12.1. The normalized spacial score (nSPS) is 13.0. The number of benzene rings is 6. The van der Waals surface area contributed by atoms with Crippen molar-refractivity contribution in [3.05, 3.63) is 249 Å². The number of pyridine rings is 2. The molecule has 0 radical (unpaired) electrons. The molecule has 0 spiro atoms. The Morgan fingerprint density at radius 3 is 1.67 bits per heavy atom. The predicted molar refractivity (Wildman–Crippen MR) is 235 cm³/mol. The van der Waals surface area contributed by atoms with E-state index in [1.54, 1.807) is 6.20 Å². The number of aromatic nitrogens is 2. The van der Waals surface area contributed by atoms with Crippen molar-refractivity contribution in [2.45, 2.75) is 17.9 Å². The van der Waals surface area contributed by atoms with Gasteiger partial charge < -0.3 is 10.2 Å². The van der Waals surface area contributed by atoms with Gasteiger partial charge in [-0.15, -0.1) is 0 Å². The summed E-state index contributed by atoms with van der Waals surface area (Å²) in [5.74, 6) is -0.833. The van der Waals surface area contributed by atoms with E-state index in [0.717, 1.165) is 43.8 Å². The Balaban J connectivity index is 0.000000159. The van der Waals surface area contributed by atoms with Crippen molar-refractivity contribution in [1.82, 2.24) is 9.97 Å². The largest absolute Gasteiger partial charge is 0.481 e. The molecule has 6 aromatic carbocycles. The number of carbonyl (C=O) groups is 1. The quantitative estimate of drug-likeness (QED) is 0.174. The molecule has 0 saturated carbocycles. The molecular formula is C50H38Br2N2O3. The smallest absolute Gasteiger partial charge is 0.300 e. The SMILES string of the molecule is Brc1cccc(C2(c3ccccn3)c3ccccc3-c3ccccc32)c1.CC(=O)O.OC(c1cccc(Br)c1)(c1ccccn1)c1ccccc1-c1ccccc1. The molecule has 57 heavy (non-hydrogen) atoms. The van der Waals surface area contributed by atoms with Crippen molar-refractivity contribution in [2.24, 2.45) is 0 Å². The maximum Gasteiger partial charge on any atom is 0.300 e. The van der Waals surface area contributed by atoms with E-state index >= 15 is 0 Å². The van der Waals surface area contributed by atoms with Crippen LogP contribution in [-0.4, -0.2) is 26.2 Å². The first kappa shape index (κ1) is 39.3. The number of aliphatic carboxylic acids is 1. The molecule has 280 valence electrons. The van der Waals surface area contributed by atoms with Gasteiger partial charge in [0.25, 0.3) is 5.97 Å². The summed E-state index contributed by atoms with van der Waals surface area (Å²) in [4.78, 5) is 18.3. The molecule has 1 atom stereocenters. The summed E-state index contributed by atoms with van der Waals surface area (Å²) in [5, 5.41) is 19.5. The zero-order valence-corrected chi connectivity index (χ0v) is 34.2. The van der Waals surface area contributed by atoms with E-state index in [1.807, 2.05) is 97.2 Å². The molecule has 0 bridgehead atoms. The molecule has 8 aromatic rings. The van der Waals surface area contributed by atoms with Gasteiger partial charge in [-0.1, -0.05) is 171 Å². The van der Waals surface area contributed by atoms with E-state index in [1.165, 1.54) is 27.8 Å². The van der Waals surface area contributed by atoms with Crippen LogP contribution in [0.25, 0.3) is 22.3 Å². The number of carboxylic acid groups (broad SMARTS) is 1. The first-order chi connectivity index (χ1) is 27.7. The van der Waals surface area contributed by atoms with Crippen LogP contribution in [0.2, 0.25) is 0 Å². The van der Waals surface area contributed by atoms with Crippen molar-refractivity contribution >= 4 is 37.8 Å². The lowest BCUT2D eigenvalue weighted by atomic mass is 9.70. The molecule has 2 heterocycles. The summed E-state index contributed by atoms with van der Waals surface area (Å²) >= 11 is 7.20. The van der Waals surface area contributed by atoms with Crippen LogP contribution in [0.1, 0.15) is 46.1 Å². The van der Waals surface area contributed by atoms with Crippen LogP contribution >= 0.6 is 31.9 Å². The molecule has 2 N–H and O–H groups in total. The molecule has 0 aliphatic heterocycles. The zero-order chi connectivity index (χ0) is 39.8. The third-order valence-corrected chi connectivity index (χ3v) is 10.9. The molecule has 1 unspecified atom stereocenters. The molecule has 1 aliphatic rings. The van der Waals surface area contributed by atoms with E-state index in [-0.39, 0.29) is 0 Å². The monoisotopic (exact) mass is 872 g/mol. The Morgan fingerprint density at radius 2 is 1.09 bits per heavy atom. The fraction of sp³-hybridized carbons (Fsp3) is 0.0600. The van der Waals surface area contributed by atoms with E-state index in [4.69, 9.17) is 14.9 Å². The number of halogens is 2. The summed E-state index contributed by atoms with van der Waals surface area (Å²) in [6.45, 7) is 1.08. The van der Waals surface area contributed by atoms with Gasteiger partial charge in [0.1, 0.15) is 0 Å². The topological polar surface area (TPSA) is 83.3 Å². The summed E-state index contributed by atoms with van der Waals surface area (Å²) < 4.78 is 1.98. The Morgan fingerprint density at radius 1 is 0.561 bits per heavy atom. The lowest BCUT2D eigenvalue weighted by Crippen LogP contribution is -2.30. The third kappa shape index (κ3) is 7.87. The number of carboxylic acids is 1. The van der Waals surface area contributed by atoms with Crippen molar-refractivity contribution in [3.63, 3.8) is 0 Å². The van der Waals surface area contributed by atoms with Gasteiger partial charge in [0.05, 0.1) is 16.8 Å². The zero-order valence-electron chi connectivity index (χ0n) is 31.0. The van der Waals surface area contributed by atoms with Gasteiger partial charge in [0.15, 0.2) is 5.60 Å². The van der Waals surface area contributed by atoms with Gasteiger partial charge in [-0.05, 0) is 93.0 Å². The molecule has 1 aliphatic carbocycles. The van der Waals surface area contributed by atoms with Crippen molar-refractivity contribution in [1.29, 1.82) is 0 Å². The second-order valence-corrected chi connectivity index (χ2v) is 15.3. The molecule has 5 nitrogen and oxygen atoms in total. The highest BCUT2D eigenvalue weighted by Crippen LogP contribution is 2.55. The lowest BCUT2D eigenvalue weighted by molar-refractivity contribution is -0.134. The number of rotatable bonds is 6. The molecule has 7 heteroatoms. The summed E-state index contributed by atoms with van der Waals surface area (Å²) in [6, 6.07) is 63.6. The minimum atomic E-state index is -1.38. The average Bonchev–Trinajstić information content (AvgIpc) is 3.55. The fourth-order valence-corrected chi connectivity index (χ4v) is 8.47. The van der Waals surface area contributed by atoms with Crippen LogP contribution in [0.5, 0.6) is 0 Å². The highest BCUT2D eigenvalue weighted by molar-refractivity contribution is 9.10. The first-order valence-corrected chi connectivity index (χ1v) is 19.9. The minimum absolute atomic E-state index is 0.405. The lowest BCUT2D eigenvalue weighted by Gasteiger charge is -2.32. The molecule has 0 fully saturated rings. The summed E-state index contributed by atoms with van der Waals surface area (Å²) in [6.07, 6.45) is 3.60. The van der Waals surface area contributed by atoms with Gasteiger partial charge in [0, 0.05) is 33.8 Å². The van der Waals surface area contributed by atoms with Gasteiger partial charge >= 0.3 is 0 Å².